The third-order valence-electron chi connectivity index (χ3n) is 5.66. The summed E-state index contributed by atoms with van der Waals surface area (Å²) < 4.78 is 5.72. The van der Waals surface area contributed by atoms with Crippen LogP contribution in [0.25, 0.3) is 0 Å². The second-order valence-corrected chi connectivity index (χ2v) is 8.73. The summed E-state index contributed by atoms with van der Waals surface area (Å²) in [6, 6.07) is -1.20. The normalized spacial score (nSPS) is 39.9. The average molecular weight is 407 g/mol. The molecule has 0 aliphatic carbocycles. The van der Waals surface area contributed by atoms with Gasteiger partial charge in [0.2, 0.25) is 5.91 Å². The third-order valence-corrected chi connectivity index (χ3v) is 6.51. The minimum Gasteiger partial charge on any atom is -0.391 e. The molecule has 0 aromatic carbocycles. The van der Waals surface area contributed by atoms with Gasteiger partial charge in [-0.15, -0.1) is 11.8 Å². The average Bonchev–Trinajstić information content (AvgIpc) is 2.99. The van der Waals surface area contributed by atoms with Crippen LogP contribution in [-0.4, -0.2) is 99.1 Å². The van der Waals surface area contributed by atoms with Crippen LogP contribution < -0.4 is 5.32 Å². The molecule has 2 rings (SSSR count). The van der Waals surface area contributed by atoms with Crippen molar-refractivity contribution in [3.8, 4) is 0 Å². The number of likely N-dealkylation sites (tertiary alicyclic amines) is 1. The Kier molecular flexibility index (Phi) is 8.35. The van der Waals surface area contributed by atoms with E-state index in [0.717, 1.165) is 25.8 Å². The van der Waals surface area contributed by atoms with Gasteiger partial charge in [-0.25, -0.2) is 0 Å². The van der Waals surface area contributed by atoms with E-state index in [1.807, 2.05) is 11.9 Å². The SMILES string of the molecule is CCC[C@@H]1C[C@@H](C(=O)N[C@H]([C@H]2O[C@H](SC)[C@H](O)[C@@H](O)[C@H]2O)[C@H](C)O)N(C)C1. The first kappa shape index (κ1) is 22.9. The largest absolute Gasteiger partial charge is 0.391 e. The molecule has 5 N–H and O–H groups in total. The van der Waals surface area contributed by atoms with Crippen molar-refractivity contribution in [2.75, 3.05) is 19.8 Å². The molecule has 2 aliphatic heterocycles. The predicted molar refractivity (Wildman–Crippen MR) is 103 cm³/mol. The zero-order valence-corrected chi connectivity index (χ0v) is 17.3. The van der Waals surface area contributed by atoms with Crippen LogP contribution in [-0.2, 0) is 9.53 Å². The molecule has 0 bridgehead atoms. The number of carbonyl (C=O) groups excluding carboxylic acids is 1. The second-order valence-electron chi connectivity index (χ2n) is 7.80. The first-order valence-electron chi connectivity index (χ1n) is 9.62. The van der Waals surface area contributed by atoms with Crippen molar-refractivity contribution >= 4 is 17.7 Å². The van der Waals surface area contributed by atoms with E-state index in [4.69, 9.17) is 4.74 Å². The molecule has 0 aromatic rings. The van der Waals surface area contributed by atoms with Crippen LogP contribution in [0, 0.1) is 5.92 Å². The van der Waals surface area contributed by atoms with Crippen LogP contribution in [0.4, 0.5) is 0 Å². The number of thioether (sulfide) groups is 1. The first-order valence-corrected chi connectivity index (χ1v) is 10.9. The number of aliphatic hydroxyl groups excluding tert-OH is 4. The van der Waals surface area contributed by atoms with E-state index in [1.165, 1.54) is 18.7 Å². The molecule has 2 heterocycles. The van der Waals surface area contributed by atoms with Crippen molar-refractivity contribution in [2.45, 2.75) is 81.1 Å². The van der Waals surface area contributed by atoms with Crippen LogP contribution in [0.3, 0.4) is 0 Å². The highest BCUT2D eigenvalue weighted by Gasteiger charge is 2.48. The van der Waals surface area contributed by atoms with Gasteiger partial charge in [-0.2, -0.15) is 0 Å². The predicted octanol–water partition coefficient (Wildman–Crippen LogP) is -0.857. The van der Waals surface area contributed by atoms with Crippen molar-refractivity contribution in [1.82, 2.24) is 10.2 Å². The minimum atomic E-state index is -1.42. The summed E-state index contributed by atoms with van der Waals surface area (Å²) in [5.41, 5.74) is -0.755. The maximum atomic E-state index is 12.8. The van der Waals surface area contributed by atoms with Gasteiger partial charge in [-0.1, -0.05) is 13.3 Å². The number of hydrogen-bond acceptors (Lipinski definition) is 8. The second kappa shape index (κ2) is 9.87. The molecule has 8 nitrogen and oxygen atoms in total. The molecule has 2 fully saturated rings. The van der Waals surface area contributed by atoms with Crippen LogP contribution in [0.2, 0.25) is 0 Å². The number of ether oxygens (including phenoxy) is 1. The topological polar surface area (TPSA) is 122 Å². The van der Waals surface area contributed by atoms with Crippen LogP contribution in [0.15, 0.2) is 0 Å². The highest BCUT2D eigenvalue weighted by molar-refractivity contribution is 7.99. The van der Waals surface area contributed by atoms with E-state index in [-0.39, 0.29) is 11.9 Å². The summed E-state index contributed by atoms with van der Waals surface area (Å²) in [5, 5.41) is 43.5. The summed E-state index contributed by atoms with van der Waals surface area (Å²) >= 11 is 1.20. The molecule has 27 heavy (non-hydrogen) atoms. The Morgan fingerprint density at radius 1 is 1.30 bits per heavy atom. The quantitative estimate of drug-likeness (QED) is 0.370. The lowest BCUT2D eigenvalue weighted by atomic mass is 9.92. The molecule has 1 amide bonds. The zero-order valence-electron chi connectivity index (χ0n) is 16.5. The van der Waals surface area contributed by atoms with Gasteiger partial charge >= 0.3 is 0 Å². The first-order chi connectivity index (χ1) is 12.7. The Balaban J connectivity index is 2.09. The molecular formula is C18H34N2O6S. The number of nitrogens with one attached hydrogen (secondary N) is 1. The van der Waals surface area contributed by atoms with Crippen molar-refractivity contribution in [3.63, 3.8) is 0 Å². The fourth-order valence-corrected chi connectivity index (χ4v) is 4.81. The Morgan fingerprint density at radius 2 is 1.96 bits per heavy atom. The van der Waals surface area contributed by atoms with Gasteiger partial charge in [0.25, 0.3) is 0 Å². The molecule has 0 radical (unpaired) electrons. The zero-order chi connectivity index (χ0) is 20.3. The van der Waals surface area contributed by atoms with Gasteiger partial charge in [0.15, 0.2) is 0 Å². The summed E-state index contributed by atoms with van der Waals surface area (Å²) in [4.78, 5) is 14.9. The molecule has 0 aromatic heterocycles. The van der Waals surface area contributed by atoms with E-state index in [0.29, 0.717) is 5.92 Å². The van der Waals surface area contributed by atoms with E-state index in [2.05, 4.69) is 12.2 Å². The smallest absolute Gasteiger partial charge is 0.237 e. The highest BCUT2D eigenvalue weighted by Crippen LogP contribution is 2.30. The lowest BCUT2D eigenvalue weighted by Crippen LogP contribution is -2.65. The molecule has 0 spiro atoms. The van der Waals surface area contributed by atoms with Crippen molar-refractivity contribution in [2.24, 2.45) is 5.92 Å². The number of nitrogens with zero attached hydrogens (tertiary/aromatic N) is 1. The maximum absolute atomic E-state index is 12.8. The van der Waals surface area contributed by atoms with Crippen molar-refractivity contribution in [1.29, 1.82) is 0 Å². The molecular weight excluding hydrogens is 372 g/mol. The van der Waals surface area contributed by atoms with Gasteiger partial charge in [-0.05, 0) is 39.0 Å². The van der Waals surface area contributed by atoms with Crippen LogP contribution >= 0.6 is 11.8 Å². The van der Waals surface area contributed by atoms with E-state index in [1.54, 1.807) is 6.26 Å². The summed E-state index contributed by atoms with van der Waals surface area (Å²) in [5.74, 6) is 0.245. The van der Waals surface area contributed by atoms with Crippen LogP contribution in [0.5, 0.6) is 0 Å². The molecule has 2 aliphatic rings. The number of amides is 1. The van der Waals surface area contributed by atoms with Gasteiger partial charge in [0.05, 0.1) is 18.2 Å². The van der Waals surface area contributed by atoms with Crippen molar-refractivity contribution < 1.29 is 30.0 Å². The molecule has 158 valence electrons. The Bertz CT molecular complexity index is 494. The summed E-state index contributed by atoms with van der Waals surface area (Å²) in [6.07, 6.45) is -1.50. The summed E-state index contributed by atoms with van der Waals surface area (Å²) in [7, 11) is 1.91. The van der Waals surface area contributed by atoms with Crippen LogP contribution in [0.1, 0.15) is 33.1 Å². The standard InChI is InChI=1S/C18H34N2O6S/c1-5-6-10-7-11(20(3)8-10)17(25)19-12(9(2)21)16-14(23)13(22)15(24)18(26-16)27-4/h9-16,18,21-24H,5-8H2,1-4H3,(H,19,25)/t9-,10+,11-,12-,13-,14+,15+,16+,18+/m0/s1. The number of carbonyl (C=O) groups is 1. The van der Waals surface area contributed by atoms with Gasteiger partial charge in [0.1, 0.15) is 29.9 Å². The van der Waals surface area contributed by atoms with E-state index >= 15 is 0 Å². The number of aliphatic hydroxyl groups is 4. The van der Waals surface area contributed by atoms with Gasteiger partial charge in [-0.3, -0.25) is 9.69 Å². The highest BCUT2D eigenvalue weighted by atomic mass is 32.2. The summed E-state index contributed by atoms with van der Waals surface area (Å²) in [6.45, 7) is 4.48. The molecule has 9 atom stereocenters. The number of hydrogen-bond donors (Lipinski definition) is 5. The fourth-order valence-electron chi connectivity index (χ4n) is 4.13. The van der Waals surface area contributed by atoms with E-state index in [9.17, 15) is 25.2 Å². The molecule has 9 heteroatoms. The van der Waals surface area contributed by atoms with Crippen molar-refractivity contribution in [3.05, 3.63) is 0 Å². The fraction of sp³-hybridized carbons (Fsp3) is 0.944. The number of rotatable bonds is 7. The lowest BCUT2D eigenvalue weighted by molar-refractivity contribution is -0.211. The van der Waals surface area contributed by atoms with Gasteiger partial charge in [0, 0.05) is 6.54 Å². The Morgan fingerprint density at radius 3 is 2.52 bits per heavy atom. The Labute approximate surface area is 165 Å². The minimum absolute atomic E-state index is 0.223. The molecule has 0 unspecified atom stereocenters. The maximum Gasteiger partial charge on any atom is 0.237 e. The van der Waals surface area contributed by atoms with Gasteiger partial charge < -0.3 is 30.5 Å². The van der Waals surface area contributed by atoms with E-state index < -0.39 is 42.0 Å². The molecule has 0 saturated carbocycles. The number of likely N-dealkylation sites (N-methyl/N-ethyl adjacent to an activating group) is 1. The molecule has 2 saturated heterocycles. The lowest BCUT2D eigenvalue weighted by Gasteiger charge is -2.44. The third kappa shape index (κ3) is 5.14. The Hall–Kier alpha value is -0.420. The monoisotopic (exact) mass is 406 g/mol.